The number of aryl methyl sites for hydroxylation is 2. The SMILES string of the molecule is CC1=NN(c2ccccc2)C(=N)/C1=C(/[S-])SN=Nc1ccc(S(=O)(=O)Nc2nc(C)cc(C)n2)cc1.[Cl][Cu+]. The van der Waals surface area contributed by atoms with Gasteiger partial charge < -0.3 is 12.6 Å². The van der Waals surface area contributed by atoms with Crippen LogP contribution in [-0.4, -0.2) is 29.9 Å². The van der Waals surface area contributed by atoms with Crippen LogP contribution in [0.3, 0.4) is 0 Å². The predicted molar refractivity (Wildman–Crippen MR) is 151 cm³/mol. The molecule has 1 aromatic heterocycles. The van der Waals surface area contributed by atoms with E-state index in [0.717, 1.165) is 17.6 Å². The number of para-hydroxylation sites is 1. The van der Waals surface area contributed by atoms with Gasteiger partial charge in [0.1, 0.15) is 0 Å². The van der Waals surface area contributed by atoms with Crippen LogP contribution in [0.25, 0.3) is 0 Å². The van der Waals surface area contributed by atoms with E-state index in [1.54, 1.807) is 26.8 Å². The number of nitrogens with one attached hydrogen (secondary N) is 2. The summed E-state index contributed by atoms with van der Waals surface area (Å²) in [5, 5.41) is 18.5. The zero-order chi connectivity index (χ0) is 27.9. The van der Waals surface area contributed by atoms with E-state index >= 15 is 0 Å². The van der Waals surface area contributed by atoms with Crippen molar-refractivity contribution in [3.05, 3.63) is 81.9 Å². The number of hydrazone groups is 1. The minimum absolute atomic E-state index is 0.0146. The van der Waals surface area contributed by atoms with Crippen molar-refractivity contribution in [2.45, 2.75) is 25.7 Å². The third-order valence-corrected chi connectivity index (χ3v) is 7.21. The fourth-order valence-electron chi connectivity index (χ4n) is 3.32. The van der Waals surface area contributed by atoms with E-state index in [-0.39, 0.29) is 16.7 Å². The molecule has 2 N–H and O–H groups in total. The molecule has 0 spiro atoms. The molecule has 2 aromatic carbocycles. The molecule has 2 heterocycles. The van der Waals surface area contributed by atoms with Gasteiger partial charge in [0.15, 0.2) is 5.84 Å². The molecule has 0 saturated carbocycles. The molecule has 1 aliphatic heterocycles. The Morgan fingerprint density at radius 1 is 1.05 bits per heavy atom. The van der Waals surface area contributed by atoms with Crippen LogP contribution in [0.5, 0.6) is 0 Å². The van der Waals surface area contributed by atoms with Crippen molar-refractivity contribution in [3.8, 4) is 0 Å². The molecule has 0 aliphatic carbocycles. The second kappa shape index (κ2) is 13.3. The zero-order valence-electron chi connectivity index (χ0n) is 20.2. The molecule has 0 bridgehead atoms. The van der Waals surface area contributed by atoms with Crippen LogP contribution in [0.15, 0.2) is 90.1 Å². The van der Waals surface area contributed by atoms with E-state index in [1.807, 2.05) is 30.3 Å². The van der Waals surface area contributed by atoms with Gasteiger partial charge in [-0.15, -0.1) is 13.9 Å². The summed E-state index contributed by atoms with van der Waals surface area (Å²) in [6, 6.07) is 17.0. The normalized spacial score (nSPS) is 14.7. The van der Waals surface area contributed by atoms with Gasteiger partial charge >= 0.3 is 25.2 Å². The number of amidine groups is 1. The van der Waals surface area contributed by atoms with Gasteiger partial charge in [-0.2, -0.15) is 5.10 Å². The van der Waals surface area contributed by atoms with Gasteiger partial charge in [0.05, 0.1) is 22.0 Å². The second-order valence-corrected chi connectivity index (χ2v) is 10.8. The van der Waals surface area contributed by atoms with E-state index in [1.165, 1.54) is 29.3 Å². The topological polar surface area (TPSA) is 136 Å². The Hall–Kier alpha value is -2.87. The number of hydrogen-bond acceptors (Lipinski definition) is 10. The predicted octanol–water partition coefficient (Wildman–Crippen LogP) is 5.95. The van der Waals surface area contributed by atoms with E-state index in [9.17, 15) is 8.42 Å². The zero-order valence-corrected chi connectivity index (χ0v) is 24.3. The van der Waals surface area contributed by atoms with Gasteiger partial charge in [-0.05, 0) is 63.2 Å². The fraction of sp³-hybridized carbons (Fsp3) is 0.130. The first-order chi connectivity index (χ1) is 18.1. The van der Waals surface area contributed by atoms with Crippen LogP contribution in [0.2, 0.25) is 0 Å². The molecule has 0 radical (unpaired) electrons. The molecule has 10 nitrogen and oxygen atoms in total. The first-order valence-electron chi connectivity index (χ1n) is 10.7. The summed E-state index contributed by atoms with van der Waals surface area (Å²) in [6.45, 7) is 5.31. The molecule has 1 aliphatic rings. The Labute approximate surface area is 243 Å². The van der Waals surface area contributed by atoms with Crippen molar-refractivity contribution < 1.29 is 23.5 Å². The van der Waals surface area contributed by atoms with Crippen LogP contribution < -0.4 is 9.73 Å². The summed E-state index contributed by atoms with van der Waals surface area (Å²) < 4.78 is 32.1. The molecule has 0 atom stereocenters. The molecule has 38 heavy (non-hydrogen) atoms. The number of hydrogen-bond donors (Lipinski definition) is 2. The summed E-state index contributed by atoms with van der Waals surface area (Å²) in [4.78, 5) is 8.25. The molecule has 15 heteroatoms. The molecule has 3 aromatic rings. The van der Waals surface area contributed by atoms with Gasteiger partial charge in [-0.1, -0.05) is 18.2 Å². The monoisotopic (exact) mass is 635 g/mol. The number of anilines is 2. The van der Waals surface area contributed by atoms with E-state index < -0.39 is 10.0 Å². The maximum absolute atomic E-state index is 12.7. The third-order valence-electron chi connectivity index (χ3n) is 4.90. The number of benzene rings is 2. The summed E-state index contributed by atoms with van der Waals surface area (Å²) in [5.74, 6) is 0.182. The molecule has 0 amide bonds. The maximum atomic E-state index is 12.7. The standard InChI is InChI=1S/C23H22N8O2S3.ClH.Cu/c1-14-13-15(2)26-23(25-14)29-36(32,33)19-11-9-17(10-12-19)27-30-35-22(34)20-16(3)28-31(21(20)24)18-7-5-4-6-8-18;;/h4-13,24,34H,1-3H3,(H,25,26,29);1H;/q;;+2/p-2/b22-20-,24-21?,30-27?;;. The van der Waals surface area contributed by atoms with Crippen molar-refractivity contribution in [1.29, 1.82) is 5.41 Å². The average Bonchev–Trinajstić information content (AvgIpc) is 3.19. The Morgan fingerprint density at radius 3 is 2.26 bits per heavy atom. The van der Waals surface area contributed by atoms with Crippen molar-refractivity contribution in [1.82, 2.24) is 9.97 Å². The van der Waals surface area contributed by atoms with Gasteiger partial charge in [0.2, 0.25) is 5.95 Å². The first kappa shape index (κ1) is 29.7. The Balaban J connectivity index is 0.00000195. The summed E-state index contributed by atoms with van der Waals surface area (Å²) in [7, 11) is 0.334. The van der Waals surface area contributed by atoms with Crippen LogP contribution >= 0.6 is 22.0 Å². The van der Waals surface area contributed by atoms with Gasteiger partial charge in [0, 0.05) is 28.9 Å². The molecule has 0 unspecified atom stereocenters. The van der Waals surface area contributed by atoms with Crippen molar-refractivity contribution in [3.63, 3.8) is 0 Å². The number of nitrogens with zero attached hydrogens (tertiary/aromatic N) is 6. The van der Waals surface area contributed by atoms with Crippen molar-refractivity contribution in [2.24, 2.45) is 14.7 Å². The summed E-state index contributed by atoms with van der Waals surface area (Å²) in [5.41, 5.74) is 3.65. The molecule has 0 saturated heterocycles. The van der Waals surface area contributed by atoms with Crippen LogP contribution in [0.1, 0.15) is 18.3 Å². The van der Waals surface area contributed by atoms with E-state index in [4.69, 9.17) is 18.0 Å². The van der Waals surface area contributed by atoms with Gasteiger partial charge in [-0.3, -0.25) is 5.41 Å². The van der Waals surface area contributed by atoms with Crippen LogP contribution in [-0.2, 0) is 37.8 Å². The summed E-state index contributed by atoms with van der Waals surface area (Å²) in [6.07, 6.45) is 0. The molecule has 201 valence electrons. The quantitative estimate of drug-likeness (QED) is 0.142. The Kier molecular flexibility index (Phi) is 10.4. The van der Waals surface area contributed by atoms with Gasteiger partial charge in [-0.25, -0.2) is 28.1 Å². The molecule has 0 fully saturated rings. The molecular formula is C23H21ClCuN8O2S3. The first-order valence-corrected chi connectivity index (χ1v) is 14.7. The number of aromatic nitrogens is 2. The average molecular weight is 637 g/mol. The van der Waals surface area contributed by atoms with Crippen molar-refractivity contribution in [2.75, 3.05) is 9.73 Å². The number of rotatable bonds is 7. The second-order valence-electron chi connectivity index (χ2n) is 7.69. The minimum atomic E-state index is -3.87. The van der Waals surface area contributed by atoms with Crippen molar-refractivity contribution >= 4 is 73.6 Å². The number of sulfonamides is 1. The van der Waals surface area contributed by atoms with E-state index in [0.29, 0.717) is 32.6 Å². The Bertz CT molecular complexity index is 1500. The Morgan fingerprint density at radius 2 is 1.66 bits per heavy atom. The number of halogens is 1. The molecule has 4 rings (SSSR count). The van der Waals surface area contributed by atoms with Crippen LogP contribution in [0.4, 0.5) is 17.3 Å². The fourth-order valence-corrected chi connectivity index (χ4v) is 5.15. The van der Waals surface area contributed by atoms with Crippen LogP contribution in [0, 0.1) is 19.3 Å². The van der Waals surface area contributed by atoms with E-state index in [2.05, 4.69) is 54.6 Å². The third kappa shape index (κ3) is 7.37. The molecular weight excluding hydrogens is 616 g/mol. The summed E-state index contributed by atoms with van der Waals surface area (Å²) >= 11 is 10.1. The van der Waals surface area contributed by atoms with Gasteiger partial charge in [0.25, 0.3) is 10.0 Å².